The SMILES string of the molecule is CCOC(=O)c1cc(-c2ccccc2)sc1NC(=S)Nc1ccc(C)cc1. The highest BCUT2D eigenvalue weighted by Crippen LogP contribution is 2.36. The molecule has 0 bridgehead atoms. The van der Waals surface area contributed by atoms with Crippen LogP contribution in [0.2, 0.25) is 0 Å². The summed E-state index contributed by atoms with van der Waals surface area (Å²) in [5.41, 5.74) is 3.58. The number of thiophene rings is 1. The van der Waals surface area contributed by atoms with Crippen molar-refractivity contribution in [1.82, 2.24) is 0 Å². The maximum atomic E-state index is 12.4. The van der Waals surface area contributed by atoms with Crippen LogP contribution in [-0.4, -0.2) is 17.7 Å². The molecule has 6 heteroatoms. The summed E-state index contributed by atoms with van der Waals surface area (Å²) in [6.45, 7) is 4.14. The number of thiocarbonyl (C=S) groups is 1. The van der Waals surface area contributed by atoms with E-state index >= 15 is 0 Å². The fourth-order valence-electron chi connectivity index (χ4n) is 2.49. The molecule has 0 atom stereocenters. The van der Waals surface area contributed by atoms with Crippen molar-refractivity contribution in [2.24, 2.45) is 0 Å². The second-order valence-electron chi connectivity index (χ2n) is 5.89. The number of aryl methyl sites for hydroxylation is 1. The maximum Gasteiger partial charge on any atom is 0.341 e. The largest absolute Gasteiger partial charge is 0.462 e. The van der Waals surface area contributed by atoms with Gasteiger partial charge < -0.3 is 15.4 Å². The third-order valence-corrected chi connectivity index (χ3v) is 5.13. The lowest BCUT2D eigenvalue weighted by Gasteiger charge is -2.10. The topological polar surface area (TPSA) is 50.4 Å². The average Bonchev–Trinajstić information content (AvgIpc) is 3.08. The first-order valence-corrected chi connectivity index (χ1v) is 9.80. The molecule has 138 valence electrons. The molecule has 3 rings (SSSR count). The van der Waals surface area contributed by atoms with Gasteiger partial charge in [0.1, 0.15) is 5.00 Å². The van der Waals surface area contributed by atoms with Crippen LogP contribution < -0.4 is 10.6 Å². The van der Waals surface area contributed by atoms with Gasteiger partial charge in [-0.25, -0.2) is 4.79 Å². The number of hydrogen-bond acceptors (Lipinski definition) is 4. The van der Waals surface area contributed by atoms with Gasteiger partial charge in [-0.3, -0.25) is 0 Å². The first-order valence-electron chi connectivity index (χ1n) is 8.58. The number of carbonyl (C=O) groups is 1. The molecule has 0 spiro atoms. The Hall–Kier alpha value is -2.70. The summed E-state index contributed by atoms with van der Waals surface area (Å²) >= 11 is 6.89. The van der Waals surface area contributed by atoms with Crippen molar-refractivity contribution in [3.63, 3.8) is 0 Å². The molecule has 3 aromatic rings. The van der Waals surface area contributed by atoms with Crippen LogP contribution in [0.5, 0.6) is 0 Å². The third-order valence-electron chi connectivity index (χ3n) is 3.82. The van der Waals surface area contributed by atoms with E-state index in [0.29, 0.717) is 22.3 Å². The van der Waals surface area contributed by atoms with Gasteiger partial charge in [-0.15, -0.1) is 11.3 Å². The number of nitrogens with one attached hydrogen (secondary N) is 2. The van der Waals surface area contributed by atoms with E-state index in [1.54, 1.807) is 6.92 Å². The van der Waals surface area contributed by atoms with Crippen LogP contribution in [0, 0.1) is 6.92 Å². The Balaban J connectivity index is 1.83. The van der Waals surface area contributed by atoms with Crippen molar-refractivity contribution >= 4 is 45.3 Å². The molecule has 0 aliphatic heterocycles. The normalized spacial score (nSPS) is 10.3. The van der Waals surface area contributed by atoms with Gasteiger partial charge in [0.15, 0.2) is 5.11 Å². The van der Waals surface area contributed by atoms with Gasteiger partial charge >= 0.3 is 5.97 Å². The van der Waals surface area contributed by atoms with Crippen LogP contribution >= 0.6 is 23.6 Å². The third kappa shape index (κ3) is 4.93. The van der Waals surface area contributed by atoms with Gasteiger partial charge in [-0.1, -0.05) is 48.0 Å². The zero-order valence-corrected chi connectivity index (χ0v) is 16.7. The molecular weight excluding hydrogens is 376 g/mol. The molecule has 0 aliphatic rings. The summed E-state index contributed by atoms with van der Waals surface area (Å²) < 4.78 is 5.19. The summed E-state index contributed by atoms with van der Waals surface area (Å²) in [6.07, 6.45) is 0. The molecule has 0 aliphatic carbocycles. The Labute approximate surface area is 168 Å². The zero-order valence-electron chi connectivity index (χ0n) is 15.1. The smallest absolute Gasteiger partial charge is 0.341 e. The molecule has 0 unspecified atom stereocenters. The van der Waals surface area contributed by atoms with Crippen molar-refractivity contribution < 1.29 is 9.53 Å². The van der Waals surface area contributed by atoms with Crippen molar-refractivity contribution in [3.8, 4) is 10.4 Å². The van der Waals surface area contributed by atoms with E-state index in [9.17, 15) is 4.79 Å². The monoisotopic (exact) mass is 396 g/mol. The standard InChI is InChI=1S/C21H20N2O2S2/c1-3-25-20(24)17-13-18(15-7-5-4-6-8-15)27-19(17)23-21(26)22-16-11-9-14(2)10-12-16/h4-13H,3H2,1-2H3,(H2,22,23,26). The lowest BCUT2D eigenvalue weighted by atomic mass is 10.1. The second-order valence-corrected chi connectivity index (χ2v) is 7.35. The Morgan fingerprint density at radius 1 is 1.07 bits per heavy atom. The quantitative estimate of drug-likeness (QED) is 0.427. The van der Waals surface area contributed by atoms with E-state index in [2.05, 4.69) is 10.6 Å². The maximum absolute atomic E-state index is 12.4. The molecule has 0 fully saturated rings. The molecule has 0 saturated carbocycles. The highest BCUT2D eigenvalue weighted by molar-refractivity contribution is 7.80. The van der Waals surface area contributed by atoms with Gasteiger partial charge in [0.05, 0.1) is 12.2 Å². The van der Waals surface area contributed by atoms with Gasteiger partial charge in [0, 0.05) is 10.6 Å². The van der Waals surface area contributed by atoms with E-state index in [1.807, 2.05) is 67.6 Å². The molecule has 2 N–H and O–H groups in total. The number of carbonyl (C=O) groups excluding carboxylic acids is 1. The first kappa shape index (κ1) is 19.1. The Kier molecular flexibility index (Phi) is 6.21. The number of esters is 1. The summed E-state index contributed by atoms with van der Waals surface area (Å²) in [4.78, 5) is 13.3. The summed E-state index contributed by atoms with van der Waals surface area (Å²) in [6, 6.07) is 19.7. The van der Waals surface area contributed by atoms with E-state index in [4.69, 9.17) is 17.0 Å². The number of ether oxygens (including phenoxy) is 1. The van der Waals surface area contributed by atoms with Crippen molar-refractivity contribution in [2.45, 2.75) is 13.8 Å². The van der Waals surface area contributed by atoms with Gasteiger partial charge in [0.2, 0.25) is 0 Å². The van der Waals surface area contributed by atoms with Crippen LogP contribution in [0.25, 0.3) is 10.4 Å². The van der Waals surface area contributed by atoms with E-state index in [0.717, 1.165) is 16.1 Å². The summed E-state index contributed by atoms with van der Waals surface area (Å²) in [7, 11) is 0. The lowest BCUT2D eigenvalue weighted by Crippen LogP contribution is -2.20. The number of anilines is 2. The second kappa shape index (κ2) is 8.79. The molecular formula is C21H20N2O2S2. The average molecular weight is 397 g/mol. The molecule has 0 amide bonds. The Morgan fingerprint density at radius 2 is 1.78 bits per heavy atom. The van der Waals surface area contributed by atoms with E-state index in [-0.39, 0.29) is 5.97 Å². The molecule has 0 radical (unpaired) electrons. The number of rotatable bonds is 5. The van der Waals surface area contributed by atoms with Gasteiger partial charge in [-0.2, -0.15) is 0 Å². The minimum absolute atomic E-state index is 0.320. The first-order chi connectivity index (χ1) is 13.1. The van der Waals surface area contributed by atoms with Crippen LogP contribution in [0.3, 0.4) is 0 Å². The lowest BCUT2D eigenvalue weighted by molar-refractivity contribution is 0.0528. The number of hydrogen-bond donors (Lipinski definition) is 2. The van der Waals surface area contributed by atoms with Crippen molar-refractivity contribution in [2.75, 3.05) is 17.2 Å². The zero-order chi connectivity index (χ0) is 19.2. The van der Waals surface area contributed by atoms with E-state index < -0.39 is 0 Å². The highest BCUT2D eigenvalue weighted by atomic mass is 32.1. The van der Waals surface area contributed by atoms with Crippen LogP contribution in [-0.2, 0) is 4.74 Å². The molecule has 1 aromatic heterocycles. The van der Waals surface area contributed by atoms with Crippen LogP contribution in [0.1, 0.15) is 22.8 Å². The summed E-state index contributed by atoms with van der Waals surface area (Å²) in [5.74, 6) is -0.364. The molecule has 27 heavy (non-hydrogen) atoms. The predicted molar refractivity (Wildman–Crippen MR) is 117 cm³/mol. The van der Waals surface area contributed by atoms with Gasteiger partial charge in [-0.05, 0) is 49.8 Å². The van der Waals surface area contributed by atoms with Crippen molar-refractivity contribution in [1.29, 1.82) is 0 Å². The molecule has 0 saturated heterocycles. The molecule has 2 aromatic carbocycles. The van der Waals surface area contributed by atoms with Gasteiger partial charge in [0.25, 0.3) is 0 Å². The van der Waals surface area contributed by atoms with Crippen molar-refractivity contribution in [3.05, 3.63) is 71.8 Å². The minimum atomic E-state index is -0.364. The predicted octanol–water partition coefficient (Wildman–Crippen LogP) is 5.71. The summed E-state index contributed by atoms with van der Waals surface area (Å²) in [5, 5.41) is 7.37. The highest BCUT2D eigenvalue weighted by Gasteiger charge is 2.19. The van der Waals surface area contributed by atoms with Crippen LogP contribution in [0.4, 0.5) is 10.7 Å². The fraction of sp³-hybridized carbons (Fsp3) is 0.143. The van der Waals surface area contributed by atoms with Crippen LogP contribution in [0.15, 0.2) is 60.7 Å². The fourth-order valence-corrected chi connectivity index (χ4v) is 3.83. The number of benzene rings is 2. The molecule has 4 nitrogen and oxygen atoms in total. The van der Waals surface area contributed by atoms with E-state index in [1.165, 1.54) is 16.9 Å². The minimum Gasteiger partial charge on any atom is -0.462 e. The Bertz CT molecular complexity index is 935. The molecule has 1 heterocycles. The Morgan fingerprint density at radius 3 is 2.44 bits per heavy atom.